The Morgan fingerprint density at radius 2 is 1.76 bits per heavy atom. The van der Waals surface area contributed by atoms with E-state index in [9.17, 15) is 22.4 Å². The fraction of sp³-hybridized carbons (Fsp3) is 0.364. The standard InChI is InChI=1S/C22H26Cl2FN3O4S/c1-4-11-26-22(30)15(2)27(13-16-5-7-17(23)8-6-16)21(29)14-28(33(3,31)32)18-9-10-20(25)19(24)12-18/h5-10,12,15H,4,11,13-14H2,1-3H3,(H,26,30). The quantitative estimate of drug-likeness (QED) is 0.518. The Kier molecular flexibility index (Phi) is 9.51. The van der Waals surface area contributed by atoms with E-state index in [0.29, 0.717) is 17.1 Å². The minimum Gasteiger partial charge on any atom is -0.354 e. The maximum atomic E-state index is 13.6. The molecule has 2 rings (SSSR count). The highest BCUT2D eigenvalue weighted by molar-refractivity contribution is 7.92. The number of nitrogens with one attached hydrogen (secondary N) is 1. The van der Waals surface area contributed by atoms with Crippen LogP contribution in [-0.2, 0) is 26.2 Å². The SMILES string of the molecule is CCCNC(=O)C(C)N(Cc1ccc(Cl)cc1)C(=O)CN(c1ccc(F)c(Cl)c1)S(C)(=O)=O. The molecule has 0 aliphatic heterocycles. The molecule has 0 saturated carbocycles. The highest BCUT2D eigenvalue weighted by atomic mass is 35.5. The number of anilines is 1. The molecule has 0 fully saturated rings. The number of amides is 2. The molecule has 0 saturated heterocycles. The van der Waals surface area contributed by atoms with E-state index in [2.05, 4.69) is 5.32 Å². The first-order chi connectivity index (χ1) is 15.4. The van der Waals surface area contributed by atoms with Crippen LogP contribution in [0.5, 0.6) is 0 Å². The van der Waals surface area contributed by atoms with Crippen molar-refractivity contribution in [1.82, 2.24) is 10.2 Å². The van der Waals surface area contributed by atoms with Gasteiger partial charge in [0.25, 0.3) is 0 Å². The van der Waals surface area contributed by atoms with Gasteiger partial charge in [-0.1, -0.05) is 42.3 Å². The summed E-state index contributed by atoms with van der Waals surface area (Å²) in [4.78, 5) is 27.2. The van der Waals surface area contributed by atoms with E-state index < -0.39 is 34.3 Å². The molecule has 2 amide bonds. The van der Waals surface area contributed by atoms with Crippen LogP contribution in [0.1, 0.15) is 25.8 Å². The average molecular weight is 518 g/mol. The molecule has 180 valence electrons. The number of halogens is 3. The Morgan fingerprint density at radius 3 is 2.30 bits per heavy atom. The predicted molar refractivity (Wildman–Crippen MR) is 128 cm³/mol. The van der Waals surface area contributed by atoms with Crippen LogP contribution in [0.3, 0.4) is 0 Å². The second kappa shape index (κ2) is 11.7. The highest BCUT2D eigenvalue weighted by Gasteiger charge is 2.30. The molecule has 0 bridgehead atoms. The maximum Gasteiger partial charge on any atom is 0.244 e. The third-order valence-corrected chi connectivity index (χ3v) is 6.54. The van der Waals surface area contributed by atoms with Gasteiger partial charge in [0, 0.05) is 18.1 Å². The summed E-state index contributed by atoms with van der Waals surface area (Å²) in [6.07, 6.45) is 1.65. The number of sulfonamides is 1. The summed E-state index contributed by atoms with van der Waals surface area (Å²) in [6, 6.07) is 9.24. The summed E-state index contributed by atoms with van der Waals surface area (Å²) in [5.41, 5.74) is 0.741. The van der Waals surface area contributed by atoms with Gasteiger partial charge in [-0.15, -0.1) is 0 Å². The van der Waals surface area contributed by atoms with E-state index in [0.717, 1.165) is 29.1 Å². The number of benzene rings is 2. The lowest BCUT2D eigenvalue weighted by Crippen LogP contribution is -2.51. The predicted octanol–water partition coefficient (Wildman–Crippen LogP) is 3.84. The lowest BCUT2D eigenvalue weighted by Gasteiger charge is -2.31. The van der Waals surface area contributed by atoms with Crippen LogP contribution in [0.25, 0.3) is 0 Å². The Morgan fingerprint density at radius 1 is 1.12 bits per heavy atom. The summed E-state index contributed by atoms with van der Waals surface area (Å²) >= 11 is 11.7. The molecule has 11 heteroatoms. The van der Waals surface area contributed by atoms with Gasteiger partial charge >= 0.3 is 0 Å². The van der Waals surface area contributed by atoms with Crippen molar-refractivity contribution >= 4 is 50.7 Å². The van der Waals surface area contributed by atoms with Crippen molar-refractivity contribution in [2.75, 3.05) is 23.7 Å². The van der Waals surface area contributed by atoms with Gasteiger partial charge in [0.05, 0.1) is 17.0 Å². The van der Waals surface area contributed by atoms with Crippen molar-refractivity contribution < 1.29 is 22.4 Å². The lowest BCUT2D eigenvalue weighted by atomic mass is 10.1. The number of hydrogen-bond acceptors (Lipinski definition) is 4. The van der Waals surface area contributed by atoms with Gasteiger partial charge in [-0.2, -0.15) is 0 Å². The van der Waals surface area contributed by atoms with Gasteiger partial charge in [0.2, 0.25) is 21.8 Å². The van der Waals surface area contributed by atoms with E-state index >= 15 is 0 Å². The van der Waals surface area contributed by atoms with Gasteiger partial charge in [-0.05, 0) is 49.2 Å². The highest BCUT2D eigenvalue weighted by Crippen LogP contribution is 2.25. The van der Waals surface area contributed by atoms with Crippen LogP contribution in [-0.4, -0.2) is 50.5 Å². The lowest BCUT2D eigenvalue weighted by molar-refractivity contribution is -0.139. The first-order valence-electron chi connectivity index (χ1n) is 10.2. The summed E-state index contributed by atoms with van der Waals surface area (Å²) < 4.78 is 39.3. The van der Waals surface area contributed by atoms with E-state index in [1.807, 2.05) is 6.92 Å². The van der Waals surface area contributed by atoms with Crippen LogP contribution in [0.15, 0.2) is 42.5 Å². The normalized spacial score (nSPS) is 12.2. The van der Waals surface area contributed by atoms with E-state index in [-0.39, 0.29) is 23.2 Å². The summed E-state index contributed by atoms with van der Waals surface area (Å²) in [5.74, 6) is -1.70. The van der Waals surface area contributed by atoms with E-state index in [1.165, 1.54) is 11.0 Å². The molecule has 0 aliphatic carbocycles. The zero-order valence-electron chi connectivity index (χ0n) is 18.5. The maximum absolute atomic E-state index is 13.6. The summed E-state index contributed by atoms with van der Waals surface area (Å²) in [5, 5.41) is 2.98. The number of nitrogens with zero attached hydrogens (tertiary/aromatic N) is 2. The summed E-state index contributed by atoms with van der Waals surface area (Å²) in [6.45, 7) is 3.37. The van der Waals surface area contributed by atoms with E-state index in [1.54, 1.807) is 31.2 Å². The third kappa shape index (κ3) is 7.58. The van der Waals surface area contributed by atoms with Crippen molar-refractivity contribution in [3.63, 3.8) is 0 Å². The van der Waals surface area contributed by atoms with Gasteiger partial charge in [-0.25, -0.2) is 12.8 Å². The third-order valence-electron chi connectivity index (χ3n) is 4.85. The van der Waals surface area contributed by atoms with Gasteiger partial charge in [0.15, 0.2) is 0 Å². The second-order valence-electron chi connectivity index (χ2n) is 7.48. The monoisotopic (exact) mass is 517 g/mol. The molecule has 0 radical (unpaired) electrons. The van der Waals surface area contributed by atoms with E-state index in [4.69, 9.17) is 23.2 Å². The second-order valence-corrected chi connectivity index (χ2v) is 10.2. The summed E-state index contributed by atoms with van der Waals surface area (Å²) in [7, 11) is -3.93. The number of carbonyl (C=O) groups is 2. The first-order valence-corrected chi connectivity index (χ1v) is 12.8. The molecule has 1 N–H and O–H groups in total. The number of hydrogen-bond donors (Lipinski definition) is 1. The molecule has 0 spiro atoms. The van der Waals surface area contributed by atoms with Crippen LogP contribution in [0.2, 0.25) is 10.0 Å². The van der Waals surface area contributed by atoms with Gasteiger partial charge in [-0.3, -0.25) is 13.9 Å². The molecule has 2 aromatic carbocycles. The fourth-order valence-electron chi connectivity index (χ4n) is 3.02. The molecule has 0 heterocycles. The molecule has 1 unspecified atom stereocenters. The first kappa shape index (κ1) is 26.9. The van der Waals surface area contributed by atoms with Crippen molar-refractivity contribution in [2.24, 2.45) is 0 Å². The number of carbonyl (C=O) groups excluding carboxylic acids is 2. The van der Waals surface area contributed by atoms with Gasteiger partial charge in [0.1, 0.15) is 18.4 Å². The molecule has 0 aliphatic rings. The van der Waals surface area contributed by atoms with Crippen molar-refractivity contribution in [3.05, 3.63) is 63.9 Å². The number of rotatable bonds is 10. The topological polar surface area (TPSA) is 86.8 Å². The Labute approximate surface area is 203 Å². The smallest absolute Gasteiger partial charge is 0.244 e. The molecule has 0 aromatic heterocycles. The average Bonchev–Trinajstić information content (AvgIpc) is 2.76. The van der Waals surface area contributed by atoms with Crippen LogP contribution in [0, 0.1) is 5.82 Å². The van der Waals surface area contributed by atoms with Crippen LogP contribution >= 0.6 is 23.2 Å². The Bertz CT molecular complexity index is 1100. The zero-order valence-corrected chi connectivity index (χ0v) is 20.8. The molecular formula is C22H26Cl2FN3O4S. The largest absolute Gasteiger partial charge is 0.354 e. The minimum absolute atomic E-state index is 0.0341. The van der Waals surface area contributed by atoms with Crippen LogP contribution in [0.4, 0.5) is 10.1 Å². The van der Waals surface area contributed by atoms with Crippen LogP contribution < -0.4 is 9.62 Å². The fourth-order valence-corrected chi connectivity index (χ4v) is 4.16. The Hall–Kier alpha value is -2.36. The molecule has 7 nitrogen and oxygen atoms in total. The molecule has 2 aromatic rings. The molecule has 1 atom stereocenters. The molecule has 33 heavy (non-hydrogen) atoms. The van der Waals surface area contributed by atoms with Crippen molar-refractivity contribution in [3.8, 4) is 0 Å². The van der Waals surface area contributed by atoms with Crippen molar-refractivity contribution in [2.45, 2.75) is 32.9 Å². The Balaban J connectivity index is 2.38. The zero-order chi connectivity index (χ0) is 24.8. The minimum atomic E-state index is -3.93. The molecular weight excluding hydrogens is 492 g/mol. The van der Waals surface area contributed by atoms with Gasteiger partial charge < -0.3 is 10.2 Å². The van der Waals surface area contributed by atoms with Crippen molar-refractivity contribution in [1.29, 1.82) is 0 Å².